The maximum Gasteiger partial charge on any atom is 0.335 e. The van der Waals surface area contributed by atoms with E-state index in [0.717, 1.165) is 30.6 Å². The van der Waals surface area contributed by atoms with Crippen LogP contribution in [0, 0.1) is 0 Å². The van der Waals surface area contributed by atoms with E-state index in [0.29, 0.717) is 5.56 Å². The van der Waals surface area contributed by atoms with Gasteiger partial charge in [-0.2, -0.15) is 5.10 Å². The van der Waals surface area contributed by atoms with E-state index in [9.17, 15) is 9.90 Å². The lowest BCUT2D eigenvalue weighted by atomic mass is 9.93. The molecule has 1 atom stereocenters. The highest BCUT2D eigenvalue weighted by Gasteiger charge is 2.25. The van der Waals surface area contributed by atoms with Crippen molar-refractivity contribution in [1.29, 1.82) is 0 Å². The first-order chi connectivity index (χ1) is 10.1. The largest absolute Gasteiger partial charge is 0.478 e. The van der Waals surface area contributed by atoms with E-state index in [1.807, 2.05) is 36.1 Å². The molecule has 21 heavy (non-hydrogen) atoms. The monoisotopic (exact) mass is 285 g/mol. The van der Waals surface area contributed by atoms with Crippen molar-refractivity contribution in [2.45, 2.75) is 25.9 Å². The van der Waals surface area contributed by atoms with Crippen LogP contribution in [0.15, 0.2) is 30.5 Å². The van der Waals surface area contributed by atoms with Crippen LogP contribution in [0.3, 0.4) is 0 Å². The molecule has 1 aromatic carbocycles. The molecule has 5 nitrogen and oxygen atoms in total. The summed E-state index contributed by atoms with van der Waals surface area (Å²) in [6, 6.07) is 7.86. The highest BCUT2D eigenvalue weighted by atomic mass is 16.4. The summed E-state index contributed by atoms with van der Waals surface area (Å²) in [4.78, 5) is 13.7. The number of hydrogen-bond acceptors (Lipinski definition) is 3. The van der Waals surface area contributed by atoms with Gasteiger partial charge in [0.05, 0.1) is 11.3 Å². The first-order valence-electron chi connectivity index (χ1n) is 7.14. The molecule has 5 heteroatoms. The topological polar surface area (TPSA) is 58.4 Å². The molecule has 2 heterocycles. The molecule has 0 radical (unpaired) electrons. The van der Waals surface area contributed by atoms with Gasteiger partial charge < -0.3 is 5.11 Å². The summed E-state index contributed by atoms with van der Waals surface area (Å²) in [6.07, 6.45) is 2.59. The third-order valence-electron chi connectivity index (χ3n) is 4.36. The molecule has 1 aliphatic heterocycles. The number of aromatic carboxylic acids is 1. The Balaban J connectivity index is 1.87. The number of aromatic nitrogens is 2. The summed E-state index contributed by atoms with van der Waals surface area (Å²) < 4.78 is 1.90. The molecule has 0 fully saturated rings. The zero-order valence-corrected chi connectivity index (χ0v) is 12.3. The van der Waals surface area contributed by atoms with Gasteiger partial charge in [-0.05, 0) is 36.6 Å². The average Bonchev–Trinajstić information content (AvgIpc) is 2.91. The van der Waals surface area contributed by atoms with Gasteiger partial charge in [0.1, 0.15) is 0 Å². The van der Waals surface area contributed by atoms with Gasteiger partial charge in [0.2, 0.25) is 0 Å². The predicted octanol–water partition coefficient (Wildman–Crippen LogP) is 2.24. The SMILES string of the molecule is CC(c1ccnn1C)N1CCc2c(cccc2C(=O)O)C1. The Hall–Kier alpha value is -2.14. The van der Waals surface area contributed by atoms with E-state index >= 15 is 0 Å². The second-order valence-electron chi connectivity index (χ2n) is 5.52. The van der Waals surface area contributed by atoms with Crippen molar-refractivity contribution in [3.05, 3.63) is 52.8 Å². The van der Waals surface area contributed by atoms with Crippen molar-refractivity contribution in [1.82, 2.24) is 14.7 Å². The molecule has 0 bridgehead atoms. The van der Waals surface area contributed by atoms with E-state index < -0.39 is 5.97 Å². The van der Waals surface area contributed by atoms with Crippen LogP contribution in [-0.4, -0.2) is 32.3 Å². The molecule has 0 aliphatic carbocycles. The normalized spacial score (nSPS) is 16.5. The van der Waals surface area contributed by atoms with Gasteiger partial charge in [-0.15, -0.1) is 0 Å². The molecular formula is C16H19N3O2. The van der Waals surface area contributed by atoms with Gasteiger partial charge in [-0.1, -0.05) is 12.1 Å². The van der Waals surface area contributed by atoms with Gasteiger partial charge in [-0.25, -0.2) is 4.79 Å². The second-order valence-corrected chi connectivity index (χ2v) is 5.52. The number of aryl methyl sites for hydroxylation is 1. The number of fused-ring (bicyclic) bond motifs is 1. The fourth-order valence-corrected chi connectivity index (χ4v) is 3.14. The van der Waals surface area contributed by atoms with Crippen molar-refractivity contribution < 1.29 is 9.90 Å². The lowest BCUT2D eigenvalue weighted by Crippen LogP contribution is -2.34. The minimum Gasteiger partial charge on any atom is -0.478 e. The Morgan fingerprint density at radius 3 is 2.86 bits per heavy atom. The second kappa shape index (κ2) is 5.33. The van der Waals surface area contributed by atoms with Crippen LogP contribution in [0.2, 0.25) is 0 Å². The summed E-state index contributed by atoms with van der Waals surface area (Å²) in [5.74, 6) is -0.833. The van der Waals surface area contributed by atoms with E-state index in [-0.39, 0.29) is 6.04 Å². The predicted molar refractivity (Wildman–Crippen MR) is 79.1 cm³/mol. The first-order valence-corrected chi connectivity index (χ1v) is 7.14. The number of nitrogens with zero attached hydrogens (tertiary/aromatic N) is 3. The third-order valence-corrected chi connectivity index (χ3v) is 4.36. The summed E-state index contributed by atoms with van der Waals surface area (Å²) in [5, 5.41) is 13.5. The highest BCUT2D eigenvalue weighted by molar-refractivity contribution is 5.89. The van der Waals surface area contributed by atoms with Crippen molar-refractivity contribution in [2.24, 2.45) is 7.05 Å². The minimum absolute atomic E-state index is 0.263. The third kappa shape index (κ3) is 2.45. The summed E-state index contributed by atoms with van der Waals surface area (Å²) in [7, 11) is 1.95. The van der Waals surface area contributed by atoms with Crippen molar-refractivity contribution in [3.8, 4) is 0 Å². The Morgan fingerprint density at radius 1 is 1.38 bits per heavy atom. The number of hydrogen-bond donors (Lipinski definition) is 1. The van der Waals surface area contributed by atoms with Crippen LogP contribution in [0.5, 0.6) is 0 Å². The number of rotatable bonds is 3. The van der Waals surface area contributed by atoms with E-state index in [4.69, 9.17) is 0 Å². The zero-order chi connectivity index (χ0) is 15.0. The number of carbonyl (C=O) groups is 1. The Morgan fingerprint density at radius 2 is 2.19 bits per heavy atom. The molecule has 1 aromatic heterocycles. The van der Waals surface area contributed by atoms with E-state index in [1.54, 1.807) is 6.07 Å². The van der Waals surface area contributed by atoms with Gasteiger partial charge in [0.15, 0.2) is 0 Å². The van der Waals surface area contributed by atoms with E-state index in [2.05, 4.69) is 16.9 Å². The summed E-state index contributed by atoms with van der Waals surface area (Å²) in [6.45, 7) is 3.81. The number of carboxylic acid groups (broad SMARTS) is 1. The van der Waals surface area contributed by atoms with Crippen molar-refractivity contribution in [3.63, 3.8) is 0 Å². The molecular weight excluding hydrogens is 266 g/mol. The first kappa shape index (κ1) is 13.8. The van der Waals surface area contributed by atoms with Gasteiger partial charge in [-0.3, -0.25) is 9.58 Å². The summed E-state index contributed by atoms with van der Waals surface area (Å²) in [5.41, 5.74) is 3.72. The molecule has 3 rings (SSSR count). The van der Waals surface area contributed by atoms with Crippen LogP contribution in [0.4, 0.5) is 0 Å². The fraction of sp³-hybridized carbons (Fsp3) is 0.375. The minimum atomic E-state index is -0.833. The molecule has 0 saturated carbocycles. The van der Waals surface area contributed by atoms with Crippen LogP contribution >= 0.6 is 0 Å². The Bertz CT molecular complexity index is 678. The quantitative estimate of drug-likeness (QED) is 0.939. The van der Waals surface area contributed by atoms with Gasteiger partial charge in [0.25, 0.3) is 0 Å². The molecule has 110 valence electrons. The van der Waals surface area contributed by atoms with Crippen LogP contribution < -0.4 is 0 Å². The maximum absolute atomic E-state index is 11.3. The van der Waals surface area contributed by atoms with Crippen LogP contribution in [0.25, 0.3) is 0 Å². The maximum atomic E-state index is 11.3. The smallest absolute Gasteiger partial charge is 0.335 e. The molecule has 1 aliphatic rings. The fourth-order valence-electron chi connectivity index (χ4n) is 3.14. The van der Waals surface area contributed by atoms with Crippen molar-refractivity contribution in [2.75, 3.05) is 6.54 Å². The van der Waals surface area contributed by atoms with Crippen molar-refractivity contribution >= 4 is 5.97 Å². The molecule has 0 saturated heterocycles. The molecule has 1 unspecified atom stereocenters. The van der Waals surface area contributed by atoms with Gasteiger partial charge in [0, 0.05) is 32.4 Å². The van der Waals surface area contributed by atoms with E-state index in [1.165, 1.54) is 5.69 Å². The number of carboxylic acids is 1. The number of benzene rings is 1. The zero-order valence-electron chi connectivity index (χ0n) is 12.3. The molecule has 0 amide bonds. The lowest BCUT2D eigenvalue weighted by molar-refractivity contribution is 0.0694. The molecule has 1 N–H and O–H groups in total. The molecule has 0 spiro atoms. The van der Waals surface area contributed by atoms with Crippen LogP contribution in [0.1, 0.15) is 40.1 Å². The summed E-state index contributed by atoms with van der Waals surface area (Å²) >= 11 is 0. The Labute approximate surface area is 123 Å². The highest BCUT2D eigenvalue weighted by Crippen LogP contribution is 2.28. The average molecular weight is 285 g/mol. The Kier molecular flexibility index (Phi) is 3.51. The van der Waals surface area contributed by atoms with Crippen LogP contribution in [-0.2, 0) is 20.0 Å². The molecule has 2 aromatic rings. The van der Waals surface area contributed by atoms with Gasteiger partial charge >= 0.3 is 5.97 Å². The lowest BCUT2D eigenvalue weighted by Gasteiger charge is -2.34. The standard InChI is InChI=1S/C16H19N3O2/c1-11(15-6-8-17-18(15)2)19-9-7-13-12(10-19)4-3-5-14(13)16(20)21/h3-6,8,11H,7,9-10H2,1-2H3,(H,20,21).